The third kappa shape index (κ3) is 2.95. The summed E-state index contributed by atoms with van der Waals surface area (Å²) in [4.78, 5) is 17.8. The lowest BCUT2D eigenvalue weighted by Gasteiger charge is -2.33. The van der Waals surface area contributed by atoms with Crippen LogP contribution in [0.2, 0.25) is 0 Å². The molecule has 1 aromatic carbocycles. The van der Waals surface area contributed by atoms with E-state index in [2.05, 4.69) is 16.8 Å². The van der Waals surface area contributed by atoms with Gasteiger partial charge in [0.05, 0.1) is 23.2 Å². The number of nitrogens with one attached hydrogen (secondary N) is 1. The van der Waals surface area contributed by atoms with Crippen LogP contribution < -0.4 is 5.69 Å². The number of imidazole rings is 1. The van der Waals surface area contributed by atoms with Crippen molar-refractivity contribution in [3.8, 4) is 0 Å². The molecule has 2 atom stereocenters. The molecule has 5 heteroatoms. The van der Waals surface area contributed by atoms with Gasteiger partial charge in [0.2, 0.25) is 0 Å². The molecular weight excluding hydrogens is 290 g/mol. The molecule has 124 valence electrons. The highest BCUT2D eigenvalue weighted by atomic mass is 16.5. The first-order valence-electron chi connectivity index (χ1n) is 8.78. The van der Waals surface area contributed by atoms with E-state index in [0.717, 1.165) is 43.5 Å². The first-order valence-corrected chi connectivity index (χ1v) is 8.78. The van der Waals surface area contributed by atoms with Gasteiger partial charge < -0.3 is 14.6 Å². The highest BCUT2D eigenvalue weighted by molar-refractivity contribution is 5.75. The number of piperidine rings is 1. The lowest BCUT2D eigenvalue weighted by Crippen LogP contribution is -2.40. The zero-order chi connectivity index (χ0) is 15.8. The SMILES string of the molecule is CC1CCC(CN2CCC(n3c(=O)[nH]c4ccccc43)CC2)O1. The van der Waals surface area contributed by atoms with E-state index in [4.69, 9.17) is 4.74 Å². The summed E-state index contributed by atoms with van der Waals surface area (Å²) in [6.45, 7) is 5.30. The van der Waals surface area contributed by atoms with Gasteiger partial charge in [0.15, 0.2) is 0 Å². The summed E-state index contributed by atoms with van der Waals surface area (Å²) in [5.74, 6) is 0. The van der Waals surface area contributed by atoms with Crippen molar-refractivity contribution >= 4 is 11.0 Å². The Hall–Kier alpha value is -1.59. The Kier molecular flexibility index (Phi) is 3.99. The fourth-order valence-corrected chi connectivity index (χ4v) is 4.10. The Balaban J connectivity index is 1.43. The molecule has 2 saturated heterocycles. The predicted octanol–water partition coefficient (Wildman–Crippen LogP) is 2.53. The number of hydrogen-bond acceptors (Lipinski definition) is 3. The molecular formula is C18H25N3O2. The molecule has 4 rings (SSSR count). The van der Waals surface area contributed by atoms with Crippen LogP contribution in [0.15, 0.2) is 29.1 Å². The summed E-state index contributed by atoms with van der Waals surface area (Å²) in [6.07, 6.45) is 5.25. The topological polar surface area (TPSA) is 50.3 Å². The number of para-hydroxylation sites is 2. The van der Waals surface area contributed by atoms with Gasteiger partial charge in [-0.3, -0.25) is 4.57 Å². The van der Waals surface area contributed by atoms with E-state index in [1.54, 1.807) is 0 Å². The second-order valence-corrected chi connectivity index (χ2v) is 7.00. The summed E-state index contributed by atoms with van der Waals surface area (Å²) in [7, 11) is 0. The summed E-state index contributed by atoms with van der Waals surface area (Å²) in [5, 5.41) is 0. The van der Waals surface area contributed by atoms with E-state index in [9.17, 15) is 4.79 Å². The van der Waals surface area contributed by atoms with Gasteiger partial charge in [-0.25, -0.2) is 4.79 Å². The quantitative estimate of drug-likeness (QED) is 0.947. The maximum atomic E-state index is 12.3. The van der Waals surface area contributed by atoms with E-state index in [-0.39, 0.29) is 5.69 Å². The van der Waals surface area contributed by atoms with Crippen molar-refractivity contribution in [2.24, 2.45) is 0 Å². The molecule has 2 aromatic rings. The van der Waals surface area contributed by atoms with Crippen molar-refractivity contribution in [2.45, 2.75) is 50.9 Å². The first-order chi connectivity index (χ1) is 11.2. The standard InChI is InChI=1S/C18H25N3O2/c1-13-6-7-15(23-13)12-20-10-8-14(9-11-20)21-17-5-3-2-4-16(17)19-18(21)22/h2-5,13-15H,6-12H2,1H3,(H,19,22). The smallest absolute Gasteiger partial charge is 0.326 e. The second kappa shape index (κ2) is 6.13. The van der Waals surface area contributed by atoms with Gasteiger partial charge in [-0.1, -0.05) is 12.1 Å². The van der Waals surface area contributed by atoms with Crippen molar-refractivity contribution in [1.29, 1.82) is 0 Å². The number of benzene rings is 1. The zero-order valence-corrected chi connectivity index (χ0v) is 13.7. The summed E-state index contributed by atoms with van der Waals surface area (Å²) in [5.41, 5.74) is 2.00. The Morgan fingerprint density at radius 1 is 1.17 bits per heavy atom. The molecule has 3 heterocycles. The summed E-state index contributed by atoms with van der Waals surface area (Å²) >= 11 is 0. The average molecular weight is 315 g/mol. The molecule has 0 aliphatic carbocycles. The molecule has 0 amide bonds. The van der Waals surface area contributed by atoms with Crippen molar-refractivity contribution in [2.75, 3.05) is 19.6 Å². The average Bonchev–Trinajstić information content (AvgIpc) is 3.10. The molecule has 2 aliphatic rings. The van der Waals surface area contributed by atoms with E-state index in [1.807, 2.05) is 28.8 Å². The fraction of sp³-hybridized carbons (Fsp3) is 0.611. The number of likely N-dealkylation sites (tertiary alicyclic amines) is 1. The van der Waals surface area contributed by atoms with E-state index < -0.39 is 0 Å². The van der Waals surface area contributed by atoms with Crippen LogP contribution in [0.1, 0.15) is 38.6 Å². The van der Waals surface area contributed by atoms with Gasteiger partial charge >= 0.3 is 5.69 Å². The number of rotatable bonds is 3. The highest BCUT2D eigenvalue weighted by Gasteiger charge is 2.28. The molecule has 2 fully saturated rings. The molecule has 0 bridgehead atoms. The minimum absolute atomic E-state index is 0.0256. The summed E-state index contributed by atoms with van der Waals surface area (Å²) < 4.78 is 7.90. The van der Waals surface area contributed by atoms with Crippen LogP contribution in [-0.4, -0.2) is 46.3 Å². The minimum atomic E-state index is 0.0256. The number of fused-ring (bicyclic) bond motifs is 1. The minimum Gasteiger partial charge on any atom is -0.374 e. The molecule has 0 radical (unpaired) electrons. The van der Waals surface area contributed by atoms with Crippen molar-refractivity contribution in [3.63, 3.8) is 0 Å². The molecule has 1 aromatic heterocycles. The second-order valence-electron chi connectivity index (χ2n) is 7.00. The number of hydrogen-bond donors (Lipinski definition) is 1. The van der Waals surface area contributed by atoms with Crippen molar-refractivity contribution in [1.82, 2.24) is 14.5 Å². The largest absolute Gasteiger partial charge is 0.374 e. The van der Waals surface area contributed by atoms with E-state index >= 15 is 0 Å². The Morgan fingerprint density at radius 2 is 1.96 bits per heavy atom. The van der Waals surface area contributed by atoms with Crippen LogP contribution in [-0.2, 0) is 4.74 Å². The lowest BCUT2D eigenvalue weighted by atomic mass is 10.0. The number of aromatic nitrogens is 2. The fourth-order valence-electron chi connectivity index (χ4n) is 4.10. The maximum Gasteiger partial charge on any atom is 0.326 e. The van der Waals surface area contributed by atoms with Crippen LogP contribution in [0.25, 0.3) is 11.0 Å². The zero-order valence-electron chi connectivity index (χ0n) is 13.7. The number of nitrogens with zero attached hydrogens (tertiary/aromatic N) is 2. The molecule has 5 nitrogen and oxygen atoms in total. The van der Waals surface area contributed by atoms with E-state index in [0.29, 0.717) is 18.2 Å². The lowest BCUT2D eigenvalue weighted by molar-refractivity contribution is 0.0244. The van der Waals surface area contributed by atoms with Gasteiger partial charge in [-0.15, -0.1) is 0 Å². The van der Waals surface area contributed by atoms with Gasteiger partial charge in [-0.2, -0.15) is 0 Å². The number of aromatic amines is 1. The molecule has 2 aliphatic heterocycles. The first kappa shape index (κ1) is 15.0. The number of H-pyrrole nitrogens is 1. The Morgan fingerprint density at radius 3 is 2.70 bits per heavy atom. The molecule has 1 N–H and O–H groups in total. The van der Waals surface area contributed by atoms with Gasteiger partial charge in [-0.05, 0) is 44.7 Å². The van der Waals surface area contributed by atoms with Gasteiger partial charge in [0.25, 0.3) is 0 Å². The van der Waals surface area contributed by atoms with Gasteiger partial charge in [0.1, 0.15) is 0 Å². The monoisotopic (exact) mass is 315 g/mol. The Bertz CT molecular complexity index is 727. The molecule has 0 spiro atoms. The summed E-state index contributed by atoms with van der Waals surface area (Å²) in [6, 6.07) is 8.28. The normalized spacial score (nSPS) is 27.0. The number of ether oxygens (including phenoxy) is 1. The van der Waals surface area contributed by atoms with Crippen LogP contribution in [0.4, 0.5) is 0 Å². The molecule has 0 saturated carbocycles. The van der Waals surface area contributed by atoms with Crippen LogP contribution in [0.5, 0.6) is 0 Å². The third-order valence-corrected chi connectivity index (χ3v) is 5.33. The van der Waals surface area contributed by atoms with Crippen LogP contribution >= 0.6 is 0 Å². The highest BCUT2D eigenvalue weighted by Crippen LogP contribution is 2.26. The Labute approximate surface area is 136 Å². The predicted molar refractivity (Wildman–Crippen MR) is 90.8 cm³/mol. The maximum absolute atomic E-state index is 12.3. The third-order valence-electron chi connectivity index (χ3n) is 5.33. The van der Waals surface area contributed by atoms with Crippen molar-refractivity contribution < 1.29 is 4.74 Å². The van der Waals surface area contributed by atoms with Crippen LogP contribution in [0.3, 0.4) is 0 Å². The molecule has 2 unspecified atom stereocenters. The van der Waals surface area contributed by atoms with Crippen LogP contribution in [0, 0.1) is 0 Å². The van der Waals surface area contributed by atoms with Gasteiger partial charge in [0, 0.05) is 25.7 Å². The van der Waals surface area contributed by atoms with E-state index in [1.165, 1.54) is 12.8 Å². The van der Waals surface area contributed by atoms with Crippen molar-refractivity contribution in [3.05, 3.63) is 34.7 Å². The molecule has 23 heavy (non-hydrogen) atoms.